The highest BCUT2D eigenvalue weighted by atomic mass is 35.5. The summed E-state index contributed by atoms with van der Waals surface area (Å²) < 4.78 is 31.5. The molecule has 0 atom stereocenters. The fraction of sp³-hybridized carbons (Fsp3) is 0.286. The monoisotopic (exact) mass is 298 g/mol. The third-order valence-electron chi connectivity index (χ3n) is 2.68. The van der Waals surface area contributed by atoms with Crippen LogP contribution in [-0.2, 0) is 0 Å². The van der Waals surface area contributed by atoms with Gasteiger partial charge in [0.25, 0.3) is 0 Å². The zero-order valence-electron chi connectivity index (χ0n) is 11.2. The van der Waals surface area contributed by atoms with Crippen molar-refractivity contribution in [2.45, 2.75) is 26.7 Å². The van der Waals surface area contributed by atoms with Crippen LogP contribution in [0.3, 0.4) is 0 Å². The van der Waals surface area contributed by atoms with Crippen LogP contribution in [0.25, 0.3) is 0 Å². The molecule has 106 valence electrons. The average molecular weight is 299 g/mol. The fourth-order valence-corrected chi connectivity index (χ4v) is 1.66. The zero-order chi connectivity index (χ0) is 14.9. The number of nitrogens with zero attached hydrogens (tertiary/aromatic N) is 2. The van der Waals surface area contributed by atoms with Gasteiger partial charge in [0.2, 0.25) is 5.88 Å². The van der Waals surface area contributed by atoms with E-state index in [2.05, 4.69) is 9.97 Å². The van der Waals surface area contributed by atoms with Crippen LogP contribution in [-0.4, -0.2) is 9.97 Å². The van der Waals surface area contributed by atoms with E-state index in [-0.39, 0.29) is 22.7 Å². The predicted octanol–water partition coefficient (Wildman–Crippen LogP) is 4.63. The van der Waals surface area contributed by atoms with E-state index in [0.29, 0.717) is 11.4 Å². The molecule has 0 radical (unpaired) electrons. The Morgan fingerprint density at radius 3 is 2.45 bits per heavy atom. The van der Waals surface area contributed by atoms with E-state index in [1.54, 1.807) is 6.92 Å². The molecule has 0 spiro atoms. The van der Waals surface area contributed by atoms with Gasteiger partial charge in [0.05, 0.1) is 0 Å². The Bertz CT molecular complexity index is 647. The summed E-state index contributed by atoms with van der Waals surface area (Å²) in [4.78, 5) is 8.39. The molecule has 0 bridgehead atoms. The van der Waals surface area contributed by atoms with E-state index < -0.39 is 11.6 Å². The van der Waals surface area contributed by atoms with E-state index in [0.717, 1.165) is 12.1 Å². The lowest BCUT2D eigenvalue weighted by atomic mass is 10.2. The molecule has 0 saturated carbocycles. The predicted molar refractivity (Wildman–Crippen MR) is 72.3 cm³/mol. The Morgan fingerprint density at radius 2 is 1.85 bits per heavy atom. The molecule has 2 rings (SSSR count). The summed E-state index contributed by atoms with van der Waals surface area (Å²) in [6.07, 6.45) is 0. The van der Waals surface area contributed by atoms with Gasteiger partial charge >= 0.3 is 0 Å². The molecule has 20 heavy (non-hydrogen) atoms. The van der Waals surface area contributed by atoms with E-state index >= 15 is 0 Å². The number of rotatable bonds is 3. The Kier molecular flexibility index (Phi) is 4.18. The average Bonchev–Trinajstić information content (AvgIpc) is 2.38. The second-order valence-corrected chi connectivity index (χ2v) is 4.99. The largest absolute Gasteiger partial charge is 0.438 e. The summed E-state index contributed by atoms with van der Waals surface area (Å²) in [7, 11) is 0. The molecule has 0 aliphatic carbocycles. The van der Waals surface area contributed by atoms with Crippen LogP contribution in [0.5, 0.6) is 11.6 Å². The Labute approximate surface area is 120 Å². The minimum Gasteiger partial charge on any atom is -0.438 e. The van der Waals surface area contributed by atoms with E-state index in [9.17, 15) is 8.78 Å². The Hall–Kier alpha value is -1.75. The number of ether oxygens (including phenoxy) is 1. The molecule has 0 saturated heterocycles. The lowest BCUT2D eigenvalue weighted by Crippen LogP contribution is -2.02. The van der Waals surface area contributed by atoms with Gasteiger partial charge in [-0.05, 0) is 19.1 Å². The zero-order valence-corrected chi connectivity index (χ0v) is 12.0. The first kappa shape index (κ1) is 14.7. The highest BCUT2D eigenvalue weighted by molar-refractivity contribution is 6.30. The van der Waals surface area contributed by atoms with Crippen molar-refractivity contribution in [3.05, 3.63) is 46.4 Å². The molecule has 3 nitrogen and oxygen atoms in total. The summed E-state index contributed by atoms with van der Waals surface area (Å²) >= 11 is 6.02. The van der Waals surface area contributed by atoms with Crippen molar-refractivity contribution in [1.82, 2.24) is 9.97 Å². The molecular weight excluding hydrogens is 286 g/mol. The second kappa shape index (κ2) is 5.71. The van der Waals surface area contributed by atoms with Crippen LogP contribution in [0.4, 0.5) is 8.78 Å². The van der Waals surface area contributed by atoms with Gasteiger partial charge in [-0.2, -0.15) is 4.98 Å². The van der Waals surface area contributed by atoms with Gasteiger partial charge in [-0.1, -0.05) is 25.4 Å². The topological polar surface area (TPSA) is 35.0 Å². The van der Waals surface area contributed by atoms with Gasteiger partial charge in [-0.15, -0.1) is 0 Å². The maximum Gasteiger partial charge on any atom is 0.226 e. The van der Waals surface area contributed by atoms with Crippen LogP contribution in [0, 0.1) is 18.6 Å². The lowest BCUT2D eigenvalue weighted by molar-refractivity contribution is 0.440. The molecule has 1 aromatic carbocycles. The number of benzene rings is 1. The number of hydrogen-bond donors (Lipinski definition) is 0. The normalized spacial score (nSPS) is 10.9. The van der Waals surface area contributed by atoms with Crippen molar-refractivity contribution in [3.8, 4) is 11.6 Å². The van der Waals surface area contributed by atoms with Crippen LogP contribution in [0.1, 0.15) is 31.2 Å². The van der Waals surface area contributed by atoms with Crippen molar-refractivity contribution in [1.29, 1.82) is 0 Å². The Morgan fingerprint density at radius 1 is 1.15 bits per heavy atom. The minimum absolute atomic E-state index is 0.0698. The summed E-state index contributed by atoms with van der Waals surface area (Å²) in [6, 6.07) is 3.27. The van der Waals surface area contributed by atoms with Crippen molar-refractivity contribution in [2.24, 2.45) is 0 Å². The summed E-state index contributed by atoms with van der Waals surface area (Å²) in [5.41, 5.74) is 0.542. The van der Waals surface area contributed by atoms with Crippen molar-refractivity contribution >= 4 is 11.6 Å². The van der Waals surface area contributed by atoms with Gasteiger partial charge in [0.1, 0.15) is 16.7 Å². The number of hydrogen-bond acceptors (Lipinski definition) is 3. The minimum atomic E-state index is -0.982. The SMILES string of the molecule is Cc1c(Cl)nc(C(C)C)nc1Oc1ccc(F)c(F)c1. The standard InChI is InChI=1S/C14H13ClF2N2O/c1-7(2)13-18-12(15)8(3)14(19-13)20-9-4-5-10(16)11(17)6-9/h4-7H,1-3H3. The van der Waals surface area contributed by atoms with Crippen LogP contribution >= 0.6 is 11.6 Å². The number of aromatic nitrogens is 2. The molecule has 0 amide bonds. The molecule has 6 heteroatoms. The fourth-order valence-electron chi connectivity index (χ4n) is 1.50. The highest BCUT2D eigenvalue weighted by Gasteiger charge is 2.14. The first-order chi connectivity index (χ1) is 9.38. The van der Waals surface area contributed by atoms with Gasteiger partial charge in [0.15, 0.2) is 11.6 Å². The molecular formula is C14H13ClF2N2O. The molecule has 0 aliphatic heterocycles. The third kappa shape index (κ3) is 3.04. The maximum absolute atomic E-state index is 13.2. The molecule has 0 aliphatic rings. The van der Waals surface area contributed by atoms with Gasteiger partial charge in [-0.25, -0.2) is 13.8 Å². The van der Waals surface area contributed by atoms with Crippen molar-refractivity contribution < 1.29 is 13.5 Å². The molecule has 0 fully saturated rings. The molecule has 2 aromatic rings. The smallest absolute Gasteiger partial charge is 0.226 e. The first-order valence-corrected chi connectivity index (χ1v) is 6.43. The molecule has 0 N–H and O–H groups in total. The van der Waals surface area contributed by atoms with E-state index in [4.69, 9.17) is 16.3 Å². The maximum atomic E-state index is 13.2. The summed E-state index contributed by atoms with van der Waals surface area (Å²) in [5, 5.41) is 0.279. The van der Waals surface area contributed by atoms with Crippen molar-refractivity contribution in [2.75, 3.05) is 0 Å². The lowest BCUT2D eigenvalue weighted by Gasteiger charge is -2.12. The summed E-state index contributed by atoms with van der Waals surface area (Å²) in [6.45, 7) is 5.53. The van der Waals surface area contributed by atoms with E-state index in [1.807, 2.05) is 13.8 Å². The molecule has 1 heterocycles. The Balaban J connectivity index is 2.39. The van der Waals surface area contributed by atoms with Crippen LogP contribution in [0.15, 0.2) is 18.2 Å². The van der Waals surface area contributed by atoms with E-state index in [1.165, 1.54) is 6.07 Å². The quantitative estimate of drug-likeness (QED) is 0.775. The van der Waals surface area contributed by atoms with Crippen molar-refractivity contribution in [3.63, 3.8) is 0 Å². The van der Waals surface area contributed by atoms with Crippen LogP contribution < -0.4 is 4.74 Å². The van der Waals surface area contributed by atoms with Crippen LogP contribution in [0.2, 0.25) is 5.15 Å². The third-order valence-corrected chi connectivity index (χ3v) is 3.05. The molecule has 0 unspecified atom stereocenters. The van der Waals surface area contributed by atoms with Gasteiger partial charge in [-0.3, -0.25) is 0 Å². The van der Waals surface area contributed by atoms with Gasteiger partial charge < -0.3 is 4.74 Å². The van der Waals surface area contributed by atoms with Gasteiger partial charge in [0, 0.05) is 17.5 Å². The molecule has 1 aromatic heterocycles. The highest BCUT2D eigenvalue weighted by Crippen LogP contribution is 2.29. The first-order valence-electron chi connectivity index (χ1n) is 6.05. The summed E-state index contributed by atoms with van der Waals surface area (Å²) in [5.74, 6) is -0.934. The number of halogens is 3. The second-order valence-electron chi connectivity index (χ2n) is 4.64.